The third kappa shape index (κ3) is 4.46. The van der Waals surface area contributed by atoms with E-state index >= 15 is 0 Å². The van der Waals surface area contributed by atoms with Gasteiger partial charge in [0.15, 0.2) is 0 Å². The fourth-order valence-electron chi connectivity index (χ4n) is 2.26. The maximum atomic E-state index is 13.3. The molecule has 1 saturated heterocycles. The summed E-state index contributed by atoms with van der Waals surface area (Å²) in [5, 5.41) is 2.25. The van der Waals surface area contributed by atoms with Crippen molar-refractivity contribution in [2.24, 2.45) is 0 Å². The Bertz CT molecular complexity index is 651. The van der Waals surface area contributed by atoms with Crippen molar-refractivity contribution < 1.29 is 37.0 Å². The molecule has 1 heterocycles. The zero-order valence-electron chi connectivity index (χ0n) is 13.6. The van der Waals surface area contributed by atoms with Crippen molar-refractivity contribution in [3.05, 3.63) is 18.2 Å². The zero-order chi connectivity index (χ0) is 18.6. The predicted octanol–water partition coefficient (Wildman–Crippen LogP) is 2.42. The minimum absolute atomic E-state index is 0.0268. The first-order valence-corrected chi connectivity index (χ1v) is 7.28. The molecule has 0 bridgehead atoms. The van der Waals surface area contributed by atoms with E-state index < -0.39 is 30.6 Å². The standard InChI is InChI=1S/C15H17F3N2O5/c1-23-9-3-4-10(11(7-9)24-2)19-12(15(16,17)18)8-13(21)20-5-6-25-14(20)22/h3-4,7,12,19H,5-6,8H2,1-2H3/t12-/m1/s1. The van der Waals surface area contributed by atoms with Crippen LogP contribution in [0.15, 0.2) is 18.2 Å². The number of ether oxygens (including phenoxy) is 3. The largest absolute Gasteiger partial charge is 0.497 e. The molecule has 7 nitrogen and oxygen atoms in total. The molecule has 10 heteroatoms. The highest BCUT2D eigenvalue weighted by Gasteiger charge is 2.43. The van der Waals surface area contributed by atoms with E-state index in [1.807, 2.05) is 0 Å². The maximum Gasteiger partial charge on any atom is 0.416 e. The first-order chi connectivity index (χ1) is 11.8. The van der Waals surface area contributed by atoms with Gasteiger partial charge in [-0.25, -0.2) is 9.69 Å². The highest BCUT2D eigenvalue weighted by atomic mass is 19.4. The highest BCUT2D eigenvalue weighted by molar-refractivity contribution is 5.93. The molecule has 2 rings (SSSR count). The van der Waals surface area contributed by atoms with Gasteiger partial charge in [0, 0.05) is 6.07 Å². The SMILES string of the molecule is COc1ccc(N[C@H](CC(=O)N2CCOC2=O)C(F)(F)F)c(OC)c1. The molecule has 1 fully saturated rings. The number of anilines is 1. The molecule has 1 N–H and O–H groups in total. The van der Waals surface area contributed by atoms with Crippen LogP contribution in [0.1, 0.15) is 6.42 Å². The molecule has 0 aliphatic carbocycles. The number of halogens is 3. The molecule has 1 aliphatic rings. The van der Waals surface area contributed by atoms with Crippen LogP contribution in [0.4, 0.5) is 23.7 Å². The van der Waals surface area contributed by atoms with Gasteiger partial charge in [-0.1, -0.05) is 0 Å². The quantitative estimate of drug-likeness (QED) is 0.838. The zero-order valence-corrected chi connectivity index (χ0v) is 13.6. The summed E-state index contributed by atoms with van der Waals surface area (Å²) in [5.41, 5.74) is 0.0439. The van der Waals surface area contributed by atoms with E-state index in [4.69, 9.17) is 9.47 Å². The second kappa shape index (κ2) is 7.49. The Kier molecular flexibility index (Phi) is 5.60. The number of cyclic esters (lactones) is 1. The minimum Gasteiger partial charge on any atom is -0.497 e. The fourth-order valence-corrected chi connectivity index (χ4v) is 2.26. The number of nitrogens with one attached hydrogen (secondary N) is 1. The lowest BCUT2D eigenvalue weighted by Crippen LogP contribution is -2.42. The fraction of sp³-hybridized carbons (Fsp3) is 0.467. The maximum absolute atomic E-state index is 13.3. The van der Waals surface area contributed by atoms with E-state index in [0.29, 0.717) is 10.6 Å². The second-order valence-corrected chi connectivity index (χ2v) is 5.17. The van der Waals surface area contributed by atoms with Gasteiger partial charge in [0.2, 0.25) is 5.91 Å². The lowest BCUT2D eigenvalue weighted by Gasteiger charge is -2.24. The van der Waals surface area contributed by atoms with Gasteiger partial charge in [0.05, 0.1) is 32.9 Å². The van der Waals surface area contributed by atoms with E-state index in [2.05, 4.69) is 10.1 Å². The van der Waals surface area contributed by atoms with Crippen LogP contribution in [0.5, 0.6) is 11.5 Å². The lowest BCUT2D eigenvalue weighted by atomic mass is 10.1. The molecular formula is C15H17F3N2O5. The summed E-state index contributed by atoms with van der Waals surface area (Å²) in [6.07, 6.45) is -6.61. The molecule has 1 aliphatic heterocycles. The second-order valence-electron chi connectivity index (χ2n) is 5.17. The predicted molar refractivity (Wildman–Crippen MR) is 80.7 cm³/mol. The number of carbonyl (C=O) groups is 2. The summed E-state index contributed by atoms with van der Waals surface area (Å²) >= 11 is 0. The first-order valence-electron chi connectivity index (χ1n) is 7.28. The average Bonchev–Trinajstić information content (AvgIpc) is 2.99. The van der Waals surface area contributed by atoms with E-state index in [1.54, 1.807) is 0 Å². The summed E-state index contributed by atoms with van der Waals surface area (Å²) in [4.78, 5) is 24.0. The Morgan fingerprint density at radius 3 is 2.60 bits per heavy atom. The molecule has 138 valence electrons. The molecule has 1 atom stereocenters. The van der Waals surface area contributed by atoms with Crippen molar-refractivity contribution >= 4 is 17.7 Å². The van der Waals surface area contributed by atoms with Crippen LogP contribution in [0, 0.1) is 0 Å². The monoisotopic (exact) mass is 362 g/mol. The normalized spacial score (nSPS) is 15.6. The van der Waals surface area contributed by atoms with Crippen molar-refractivity contribution in [2.75, 3.05) is 32.7 Å². The van der Waals surface area contributed by atoms with Gasteiger partial charge in [-0.15, -0.1) is 0 Å². The third-order valence-corrected chi connectivity index (χ3v) is 3.57. The van der Waals surface area contributed by atoms with Crippen LogP contribution < -0.4 is 14.8 Å². The first kappa shape index (κ1) is 18.7. The number of imide groups is 1. The van der Waals surface area contributed by atoms with Gasteiger partial charge >= 0.3 is 12.3 Å². The molecule has 0 saturated carbocycles. The van der Waals surface area contributed by atoms with Crippen LogP contribution in [-0.2, 0) is 9.53 Å². The molecule has 2 amide bonds. The Hall–Kier alpha value is -2.65. The van der Waals surface area contributed by atoms with Gasteiger partial charge in [-0.2, -0.15) is 13.2 Å². The number of carbonyl (C=O) groups excluding carboxylic acids is 2. The Morgan fingerprint density at radius 2 is 2.08 bits per heavy atom. The van der Waals surface area contributed by atoms with E-state index in [9.17, 15) is 22.8 Å². The van der Waals surface area contributed by atoms with Gasteiger partial charge < -0.3 is 19.5 Å². The number of amides is 2. The van der Waals surface area contributed by atoms with Gasteiger partial charge in [-0.05, 0) is 12.1 Å². The van der Waals surface area contributed by atoms with Crippen molar-refractivity contribution in [1.82, 2.24) is 4.90 Å². The van der Waals surface area contributed by atoms with Gasteiger partial charge in [0.1, 0.15) is 24.1 Å². The highest BCUT2D eigenvalue weighted by Crippen LogP contribution is 2.33. The molecule has 25 heavy (non-hydrogen) atoms. The summed E-state index contributed by atoms with van der Waals surface area (Å²) < 4.78 is 54.5. The molecule has 0 aromatic heterocycles. The van der Waals surface area contributed by atoms with Crippen LogP contribution in [-0.4, -0.2) is 56.5 Å². The summed E-state index contributed by atoms with van der Waals surface area (Å²) in [5.74, 6) is -0.437. The van der Waals surface area contributed by atoms with Crippen molar-refractivity contribution in [2.45, 2.75) is 18.6 Å². The van der Waals surface area contributed by atoms with Crippen molar-refractivity contribution in [3.8, 4) is 11.5 Å². The number of benzene rings is 1. The van der Waals surface area contributed by atoms with Crippen LogP contribution in [0.2, 0.25) is 0 Å². The minimum atomic E-state index is -4.72. The number of rotatable bonds is 6. The van der Waals surface area contributed by atoms with Crippen LogP contribution >= 0.6 is 0 Å². The van der Waals surface area contributed by atoms with Crippen molar-refractivity contribution in [1.29, 1.82) is 0 Å². The number of methoxy groups -OCH3 is 2. The Morgan fingerprint density at radius 1 is 1.36 bits per heavy atom. The lowest BCUT2D eigenvalue weighted by molar-refractivity contribution is -0.153. The smallest absolute Gasteiger partial charge is 0.416 e. The van der Waals surface area contributed by atoms with Gasteiger partial charge in [-0.3, -0.25) is 4.79 Å². The molecular weight excluding hydrogens is 345 g/mol. The van der Waals surface area contributed by atoms with Crippen LogP contribution in [0.3, 0.4) is 0 Å². The Balaban J connectivity index is 2.18. The average molecular weight is 362 g/mol. The number of hydrogen-bond donors (Lipinski definition) is 1. The summed E-state index contributed by atoms with van der Waals surface area (Å²) in [7, 11) is 2.71. The van der Waals surface area contributed by atoms with E-state index in [-0.39, 0.29) is 24.6 Å². The number of alkyl halides is 3. The summed E-state index contributed by atoms with van der Waals surface area (Å²) in [6.45, 7) is -0.0882. The van der Waals surface area contributed by atoms with E-state index in [0.717, 1.165) is 0 Å². The third-order valence-electron chi connectivity index (χ3n) is 3.57. The molecule has 0 spiro atoms. The summed E-state index contributed by atoms with van der Waals surface area (Å²) in [6, 6.07) is 2.02. The number of hydrogen-bond acceptors (Lipinski definition) is 6. The molecule has 0 unspecified atom stereocenters. The topological polar surface area (TPSA) is 77.1 Å². The molecule has 1 aromatic carbocycles. The van der Waals surface area contributed by atoms with Gasteiger partial charge in [0.25, 0.3) is 0 Å². The van der Waals surface area contributed by atoms with E-state index in [1.165, 1.54) is 32.4 Å². The number of nitrogens with zero attached hydrogens (tertiary/aromatic N) is 1. The van der Waals surface area contributed by atoms with Crippen LogP contribution in [0.25, 0.3) is 0 Å². The molecule has 0 radical (unpaired) electrons. The Labute approximate surface area is 141 Å². The molecule has 1 aromatic rings. The van der Waals surface area contributed by atoms with Crippen molar-refractivity contribution in [3.63, 3.8) is 0 Å².